The van der Waals surface area contributed by atoms with Crippen LogP contribution in [-0.4, -0.2) is 34.3 Å². The van der Waals surface area contributed by atoms with Crippen LogP contribution in [0.4, 0.5) is 0 Å². The molecule has 1 atom stereocenters. The van der Waals surface area contributed by atoms with Gasteiger partial charge in [-0.25, -0.2) is 4.90 Å². The average Bonchev–Trinajstić information content (AvgIpc) is 2.08. The highest BCUT2D eigenvalue weighted by molar-refractivity contribution is 5.80. The summed E-state index contributed by atoms with van der Waals surface area (Å²) in [6.07, 6.45) is -0.817. The Bertz CT molecular complexity index is 174. The summed E-state index contributed by atoms with van der Waals surface area (Å²) in [5.74, 6) is -0.118. The third-order valence-electron chi connectivity index (χ3n) is 1.76. The molecule has 1 rings (SSSR count). The number of hydrogen-bond donors (Lipinski definition) is 2. The highest BCUT2D eigenvalue weighted by Crippen LogP contribution is 2.17. The summed E-state index contributed by atoms with van der Waals surface area (Å²) in [6, 6.07) is 0. The van der Waals surface area contributed by atoms with Gasteiger partial charge in [0.25, 0.3) is 0 Å². The van der Waals surface area contributed by atoms with Gasteiger partial charge in [0.15, 0.2) is 6.35 Å². The molecule has 1 heterocycles. The summed E-state index contributed by atoms with van der Waals surface area (Å²) >= 11 is 0. The highest BCUT2D eigenvalue weighted by Gasteiger charge is 2.35. The number of aliphatic hydroxyl groups is 1. The van der Waals surface area contributed by atoms with Gasteiger partial charge in [-0.2, -0.15) is 0 Å². The minimum atomic E-state index is -0.817. The van der Waals surface area contributed by atoms with E-state index in [4.69, 9.17) is 0 Å². The zero-order chi connectivity index (χ0) is 8.65. The average molecular weight is 158 g/mol. The van der Waals surface area contributed by atoms with Gasteiger partial charge in [-0.15, -0.1) is 0 Å². The molecule has 0 bridgehead atoms. The minimum absolute atomic E-state index is 0.118. The molecule has 1 aliphatic rings. The number of nitrogens with zero attached hydrogens (tertiary/aromatic N) is 1. The SMILES string of the molecule is CC(C)(C)N1CC(=O)NC1O. The normalized spacial score (nSPS) is 27.3. The number of amides is 1. The van der Waals surface area contributed by atoms with E-state index in [2.05, 4.69) is 5.32 Å². The molecule has 0 aromatic carbocycles. The standard InChI is InChI=1S/C7H14N2O2/c1-7(2,3)9-4-5(10)8-6(9)11/h6,11H,4H2,1-3H3,(H,8,10). The van der Waals surface area contributed by atoms with Crippen LogP contribution in [0.2, 0.25) is 0 Å². The Balaban J connectivity index is 2.67. The van der Waals surface area contributed by atoms with Gasteiger partial charge in [-0.3, -0.25) is 4.79 Å². The van der Waals surface area contributed by atoms with Crippen molar-refractivity contribution in [2.45, 2.75) is 32.7 Å². The molecular formula is C7H14N2O2. The van der Waals surface area contributed by atoms with Gasteiger partial charge < -0.3 is 10.4 Å². The molecule has 0 aromatic heterocycles. The van der Waals surface area contributed by atoms with Crippen LogP contribution in [0.3, 0.4) is 0 Å². The van der Waals surface area contributed by atoms with Crippen molar-refractivity contribution >= 4 is 5.91 Å². The molecule has 4 nitrogen and oxygen atoms in total. The predicted molar refractivity (Wildman–Crippen MR) is 40.6 cm³/mol. The fourth-order valence-electron chi connectivity index (χ4n) is 1.11. The fraction of sp³-hybridized carbons (Fsp3) is 0.857. The Morgan fingerprint density at radius 1 is 1.64 bits per heavy atom. The van der Waals surface area contributed by atoms with Crippen LogP contribution in [0.25, 0.3) is 0 Å². The Hall–Kier alpha value is -0.610. The molecule has 1 unspecified atom stereocenters. The lowest BCUT2D eigenvalue weighted by Crippen LogP contribution is -2.47. The maximum absolute atomic E-state index is 10.8. The highest BCUT2D eigenvalue weighted by atomic mass is 16.3. The summed E-state index contributed by atoms with van der Waals surface area (Å²) in [5, 5.41) is 11.7. The van der Waals surface area contributed by atoms with Gasteiger partial charge >= 0.3 is 0 Å². The second-order valence-corrected chi connectivity index (χ2v) is 3.74. The van der Waals surface area contributed by atoms with Crippen molar-refractivity contribution in [3.8, 4) is 0 Å². The maximum atomic E-state index is 10.8. The first-order valence-corrected chi connectivity index (χ1v) is 3.65. The van der Waals surface area contributed by atoms with E-state index < -0.39 is 6.35 Å². The van der Waals surface area contributed by atoms with Crippen LogP contribution in [0.1, 0.15) is 20.8 Å². The number of hydrogen-bond acceptors (Lipinski definition) is 3. The van der Waals surface area contributed by atoms with E-state index in [1.165, 1.54) is 0 Å². The van der Waals surface area contributed by atoms with Crippen molar-refractivity contribution in [2.24, 2.45) is 0 Å². The summed E-state index contributed by atoms with van der Waals surface area (Å²) in [4.78, 5) is 12.5. The van der Waals surface area contributed by atoms with E-state index in [9.17, 15) is 9.90 Å². The molecule has 2 N–H and O–H groups in total. The first-order valence-electron chi connectivity index (χ1n) is 3.65. The van der Waals surface area contributed by atoms with Crippen molar-refractivity contribution in [3.05, 3.63) is 0 Å². The van der Waals surface area contributed by atoms with E-state index in [1.807, 2.05) is 20.8 Å². The number of carbonyl (C=O) groups excluding carboxylic acids is 1. The van der Waals surface area contributed by atoms with Crippen LogP contribution < -0.4 is 5.32 Å². The largest absolute Gasteiger partial charge is 0.361 e. The molecule has 0 saturated carbocycles. The number of rotatable bonds is 0. The van der Waals surface area contributed by atoms with E-state index in [-0.39, 0.29) is 18.0 Å². The maximum Gasteiger partial charge on any atom is 0.237 e. The molecule has 64 valence electrons. The molecule has 1 fully saturated rings. The van der Waals surface area contributed by atoms with E-state index in [0.29, 0.717) is 0 Å². The Morgan fingerprint density at radius 2 is 2.18 bits per heavy atom. The number of nitrogens with one attached hydrogen (secondary N) is 1. The Kier molecular flexibility index (Phi) is 1.90. The second-order valence-electron chi connectivity index (χ2n) is 3.74. The van der Waals surface area contributed by atoms with Crippen LogP contribution >= 0.6 is 0 Å². The fourth-order valence-corrected chi connectivity index (χ4v) is 1.11. The molecule has 1 aliphatic heterocycles. The molecule has 0 aromatic rings. The van der Waals surface area contributed by atoms with Gasteiger partial charge in [0, 0.05) is 5.54 Å². The van der Waals surface area contributed by atoms with E-state index in [1.54, 1.807) is 4.90 Å². The molecular weight excluding hydrogens is 144 g/mol. The van der Waals surface area contributed by atoms with E-state index >= 15 is 0 Å². The van der Waals surface area contributed by atoms with Crippen molar-refractivity contribution in [3.63, 3.8) is 0 Å². The zero-order valence-corrected chi connectivity index (χ0v) is 7.09. The van der Waals surface area contributed by atoms with Crippen LogP contribution in [0.15, 0.2) is 0 Å². The first kappa shape index (κ1) is 8.49. The quantitative estimate of drug-likeness (QED) is 0.499. The van der Waals surface area contributed by atoms with Crippen molar-refractivity contribution in [1.82, 2.24) is 10.2 Å². The summed E-state index contributed by atoms with van der Waals surface area (Å²) < 4.78 is 0. The predicted octanol–water partition coefficient (Wildman–Crippen LogP) is -0.507. The molecule has 0 spiro atoms. The van der Waals surface area contributed by atoms with Gasteiger partial charge in [0.05, 0.1) is 6.54 Å². The number of carbonyl (C=O) groups is 1. The van der Waals surface area contributed by atoms with Gasteiger partial charge in [-0.1, -0.05) is 0 Å². The van der Waals surface area contributed by atoms with Crippen molar-refractivity contribution in [1.29, 1.82) is 0 Å². The van der Waals surface area contributed by atoms with Gasteiger partial charge in [0.2, 0.25) is 5.91 Å². The summed E-state index contributed by atoms with van der Waals surface area (Å²) in [6.45, 7) is 6.15. The topological polar surface area (TPSA) is 52.6 Å². The molecule has 1 saturated heterocycles. The first-order chi connectivity index (χ1) is 4.91. The monoisotopic (exact) mass is 158 g/mol. The third-order valence-corrected chi connectivity index (χ3v) is 1.76. The lowest BCUT2D eigenvalue weighted by atomic mass is 10.1. The second kappa shape index (κ2) is 2.46. The Labute approximate surface area is 66.2 Å². The van der Waals surface area contributed by atoms with E-state index in [0.717, 1.165) is 0 Å². The summed E-state index contributed by atoms with van der Waals surface area (Å²) in [7, 11) is 0. The smallest absolute Gasteiger partial charge is 0.237 e. The zero-order valence-electron chi connectivity index (χ0n) is 7.09. The molecule has 0 aliphatic carbocycles. The molecule has 0 radical (unpaired) electrons. The van der Waals surface area contributed by atoms with Crippen molar-refractivity contribution < 1.29 is 9.90 Å². The van der Waals surface area contributed by atoms with Crippen LogP contribution in [0, 0.1) is 0 Å². The lowest BCUT2D eigenvalue weighted by Gasteiger charge is -2.32. The summed E-state index contributed by atoms with van der Waals surface area (Å²) in [5.41, 5.74) is -0.168. The van der Waals surface area contributed by atoms with Crippen LogP contribution in [-0.2, 0) is 4.79 Å². The minimum Gasteiger partial charge on any atom is -0.361 e. The molecule has 11 heavy (non-hydrogen) atoms. The third kappa shape index (κ3) is 1.70. The molecule has 4 heteroatoms. The lowest BCUT2D eigenvalue weighted by molar-refractivity contribution is -0.119. The Morgan fingerprint density at radius 3 is 2.36 bits per heavy atom. The van der Waals surface area contributed by atoms with Gasteiger partial charge in [0.1, 0.15) is 0 Å². The van der Waals surface area contributed by atoms with Crippen LogP contribution in [0.5, 0.6) is 0 Å². The number of aliphatic hydroxyl groups excluding tert-OH is 1. The van der Waals surface area contributed by atoms with Gasteiger partial charge in [-0.05, 0) is 20.8 Å². The molecule has 1 amide bonds. The van der Waals surface area contributed by atoms with Crippen molar-refractivity contribution in [2.75, 3.05) is 6.54 Å².